The second-order valence-corrected chi connectivity index (χ2v) is 8.87. The molecule has 0 aliphatic carbocycles. The summed E-state index contributed by atoms with van der Waals surface area (Å²) in [7, 11) is 0. The van der Waals surface area contributed by atoms with Gasteiger partial charge in [-0.2, -0.15) is 0 Å². The first-order valence-electron chi connectivity index (χ1n) is 11.6. The molecule has 4 rings (SSSR count). The van der Waals surface area contributed by atoms with Gasteiger partial charge in [-0.1, -0.05) is 19.4 Å². The van der Waals surface area contributed by atoms with E-state index >= 15 is 0 Å². The molecule has 34 heavy (non-hydrogen) atoms. The lowest BCUT2D eigenvalue weighted by molar-refractivity contribution is -0.134. The molecule has 0 spiro atoms. The van der Waals surface area contributed by atoms with Crippen LogP contribution in [0, 0.1) is 17.6 Å². The molecular weight excluding hydrogens is 442 g/mol. The van der Waals surface area contributed by atoms with Gasteiger partial charge < -0.3 is 10.2 Å². The van der Waals surface area contributed by atoms with Crippen molar-refractivity contribution < 1.29 is 23.2 Å². The maximum Gasteiger partial charge on any atom is 0.325 e. The van der Waals surface area contributed by atoms with Crippen molar-refractivity contribution in [2.45, 2.75) is 44.6 Å². The summed E-state index contributed by atoms with van der Waals surface area (Å²) in [4.78, 5) is 46.1. The Labute approximate surface area is 197 Å². The Bertz CT molecular complexity index is 1070. The van der Waals surface area contributed by atoms with Gasteiger partial charge >= 0.3 is 6.03 Å². The topological polar surface area (TPSA) is 82.6 Å². The van der Waals surface area contributed by atoms with Gasteiger partial charge in [0.1, 0.15) is 17.2 Å². The van der Waals surface area contributed by atoms with Gasteiger partial charge in [-0.25, -0.2) is 13.6 Å². The molecule has 1 atom stereocenters. The summed E-state index contributed by atoms with van der Waals surface area (Å²) in [6.45, 7) is 2.85. The molecular formula is C25H28F2N4O3. The lowest BCUT2D eigenvalue weighted by Crippen LogP contribution is -2.56. The first kappa shape index (κ1) is 23.8. The summed E-state index contributed by atoms with van der Waals surface area (Å²) in [5, 5.41) is 2.98. The molecule has 2 saturated heterocycles. The highest BCUT2D eigenvalue weighted by Crippen LogP contribution is 2.37. The Hall–Kier alpha value is -3.36. The van der Waals surface area contributed by atoms with Gasteiger partial charge in [-0.05, 0) is 49.4 Å². The number of nitrogens with one attached hydrogen (secondary N) is 1. The third-order valence-electron chi connectivity index (χ3n) is 6.80. The quantitative estimate of drug-likeness (QED) is 0.628. The third-order valence-corrected chi connectivity index (χ3v) is 6.80. The van der Waals surface area contributed by atoms with E-state index < -0.39 is 29.1 Å². The van der Waals surface area contributed by atoms with Crippen LogP contribution in [0.4, 0.5) is 13.6 Å². The molecule has 0 saturated carbocycles. The number of benzene rings is 1. The second kappa shape index (κ2) is 9.87. The number of pyridine rings is 1. The molecule has 2 aliphatic heterocycles. The van der Waals surface area contributed by atoms with Crippen LogP contribution >= 0.6 is 0 Å². The summed E-state index contributed by atoms with van der Waals surface area (Å²) < 4.78 is 27.3. The molecule has 1 unspecified atom stereocenters. The molecule has 9 heteroatoms. The van der Waals surface area contributed by atoms with Crippen LogP contribution in [0.5, 0.6) is 0 Å². The molecule has 2 aliphatic rings. The molecule has 2 fully saturated rings. The van der Waals surface area contributed by atoms with Crippen LogP contribution in [-0.2, 0) is 11.2 Å². The lowest BCUT2D eigenvalue weighted by atomic mass is 9.74. The van der Waals surface area contributed by atoms with Crippen LogP contribution in [0.15, 0.2) is 42.6 Å². The number of piperidine rings is 1. The Morgan fingerprint density at radius 1 is 1.18 bits per heavy atom. The Morgan fingerprint density at radius 3 is 2.59 bits per heavy atom. The van der Waals surface area contributed by atoms with Gasteiger partial charge in [0.15, 0.2) is 0 Å². The molecule has 3 heterocycles. The highest BCUT2D eigenvalue weighted by molar-refractivity contribution is 6.07. The molecule has 1 N–H and O–H groups in total. The number of likely N-dealkylation sites (tertiary alicyclic amines) is 1. The first-order chi connectivity index (χ1) is 16.4. The zero-order valence-electron chi connectivity index (χ0n) is 19.1. The SMILES string of the molecule is CCCC1(C2CCN(C(=O)c3ccc(F)cc3F)CC2)NC(=O)N(CCc2ccccn2)C1=O. The number of hydrogen-bond donors (Lipinski definition) is 1. The van der Waals surface area contributed by atoms with Gasteiger partial charge in [0, 0.05) is 44.0 Å². The van der Waals surface area contributed by atoms with Crippen LogP contribution in [0.1, 0.15) is 48.7 Å². The zero-order chi connectivity index (χ0) is 24.3. The monoisotopic (exact) mass is 470 g/mol. The van der Waals surface area contributed by atoms with Crippen LogP contribution in [0.3, 0.4) is 0 Å². The molecule has 7 nitrogen and oxygen atoms in total. The maximum atomic E-state index is 14.1. The fourth-order valence-electron chi connectivity index (χ4n) is 5.07. The van der Waals surface area contributed by atoms with Crippen molar-refractivity contribution in [2.75, 3.05) is 19.6 Å². The van der Waals surface area contributed by atoms with E-state index in [-0.39, 0.29) is 23.9 Å². The largest absolute Gasteiger partial charge is 0.339 e. The molecule has 1 aromatic carbocycles. The lowest BCUT2D eigenvalue weighted by Gasteiger charge is -2.41. The summed E-state index contributed by atoms with van der Waals surface area (Å²) in [5.41, 5.74) is -0.378. The first-order valence-corrected chi connectivity index (χ1v) is 11.6. The Morgan fingerprint density at radius 2 is 1.94 bits per heavy atom. The number of aromatic nitrogens is 1. The average molecular weight is 471 g/mol. The summed E-state index contributed by atoms with van der Waals surface area (Å²) in [6, 6.07) is 8.04. The summed E-state index contributed by atoms with van der Waals surface area (Å²) >= 11 is 0. The van der Waals surface area contributed by atoms with Crippen LogP contribution in [-0.4, -0.2) is 57.8 Å². The molecule has 0 bridgehead atoms. The molecule has 180 valence electrons. The third kappa shape index (κ3) is 4.51. The number of urea groups is 1. The predicted molar refractivity (Wildman–Crippen MR) is 121 cm³/mol. The van der Waals surface area contributed by atoms with E-state index in [1.54, 1.807) is 6.20 Å². The highest BCUT2D eigenvalue weighted by atomic mass is 19.1. The minimum Gasteiger partial charge on any atom is -0.339 e. The number of carbonyl (C=O) groups is 3. The molecule has 4 amide bonds. The van der Waals surface area contributed by atoms with Crippen LogP contribution in [0.25, 0.3) is 0 Å². The van der Waals surface area contributed by atoms with Gasteiger partial charge in [0.25, 0.3) is 11.8 Å². The van der Waals surface area contributed by atoms with Gasteiger partial charge in [0.05, 0.1) is 5.56 Å². The van der Waals surface area contributed by atoms with E-state index in [0.717, 1.165) is 17.8 Å². The minimum atomic E-state index is -1.01. The maximum absolute atomic E-state index is 14.1. The summed E-state index contributed by atoms with van der Waals surface area (Å²) in [6.07, 6.45) is 4.35. The number of halogens is 2. The number of nitrogens with zero attached hydrogens (tertiary/aromatic N) is 3. The average Bonchev–Trinajstić information content (AvgIpc) is 3.08. The van der Waals surface area contributed by atoms with E-state index in [9.17, 15) is 23.2 Å². The number of amides is 4. The smallest absolute Gasteiger partial charge is 0.325 e. The van der Waals surface area contributed by atoms with Gasteiger partial charge in [-0.15, -0.1) is 0 Å². The minimum absolute atomic E-state index is 0.147. The fourth-order valence-corrected chi connectivity index (χ4v) is 5.07. The number of carbonyl (C=O) groups excluding carboxylic acids is 3. The van der Waals surface area contributed by atoms with E-state index in [1.165, 1.54) is 9.80 Å². The fraction of sp³-hybridized carbons (Fsp3) is 0.440. The number of hydrogen-bond acceptors (Lipinski definition) is 4. The molecule has 0 radical (unpaired) electrons. The molecule has 1 aromatic heterocycles. The summed E-state index contributed by atoms with van der Waals surface area (Å²) in [5.74, 6) is -2.51. The Kier molecular flexibility index (Phi) is 6.90. The van der Waals surface area contributed by atoms with Crippen molar-refractivity contribution in [1.29, 1.82) is 0 Å². The number of imide groups is 1. The normalized spacial score (nSPS) is 21.1. The van der Waals surface area contributed by atoms with E-state index in [4.69, 9.17) is 0 Å². The predicted octanol–water partition coefficient (Wildman–Crippen LogP) is 3.55. The standard InChI is InChI=1S/C25H28F2N4O3/c1-2-11-25(23(33)31(24(34)29-25)15-10-19-5-3-4-12-28-19)17-8-13-30(14-9-17)22(32)20-7-6-18(26)16-21(20)27/h3-7,12,16-17H,2,8-11,13-15H2,1H3,(H,29,34). The van der Waals surface area contributed by atoms with Gasteiger partial charge in [0.2, 0.25) is 0 Å². The second-order valence-electron chi connectivity index (χ2n) is 8.87. The Balaban J connectivity index is 1.45. The number of rotatable bonds is 7. The van der Waals surface area contributed by atoms with Crippen molar-refractivity contribution in [3.05, 3.63) is 65.5 Å². The van der Waals surface area contributed by atoms with E-state index in [1.807, 2.05) is 25.1 Å². The van der Waals surface area contributed by atoms with Gasteiger partial charge in [-0.3, -0.25) is 19.5 Å². The zero-order valence-corrected chi connectivity index (χ0v) is 19.1. The van der Waals surface area contributed by atoms with Crippen molar-refractivity contribution in [3.63, 3.8) is 0 Å². The van der Waals surface area contributed by atoms with Crippen molar-refractivity contribution in [1.82, 2.24) is 20.1 Å². The van der Waals surface area contributed by atoms with Crippen LogP contribution in [0.2, 0.25) is 0 Å². The van der Waals surface area contributed by atoms with Crippen molar-refractivity contribution in [3.8, 4) is 0 Å². The highest BCUT2D eigenvalue weighted by Gasteiger charge is 2.55. The van der Waals surface area contributed by atoms with E-state index in [0.29, 0.717) is 51.3 Å². The van der Waals surface area contributed by atoms with E-state index in [2.05, 4.69) is 10.3 Å². The van der Waals surface area contributed by atoms with Crippen molar-refractivity contribution in [2.24, 2.45) is 5.92 Å². The molecule has 2 aromatic rings. The van der Waals surface area contributed by atoms with Crippen LogP contribution < -0.4 is 5.32 Å². The van der Waals surface area contributed by atoms with Crippen molar-refractivity contribution >= 4 is 17.8 Å².